The Morgan fingerprint density at radius 2 is 2.10 bits per heavy atom. The van der Waals surface area contributed by atoms with Crippen molar-refractivity contribution < 1.29 is 18.5 Å². The molecule has 0 aromatic carbocycles. The molecule has 0 aromatic heterocycles. The fourth-order valence-electron chi connectivity index (χ4n) is 2.76. The number of hydrogen-bond donors (Lipinski definition) is 0. The number of nitrogens with zero attached hydrogens (tertiary/aromatic N) is 1. The second-order valence-corrected chi connectivity index (χ2v) is 7.34. The second-order valence-electron chi connectivity index (χ2n) is 5.71. The van der Waals surface area contributed by atoms with E-state index in [-0.39, 0.29) is 16.9 Å². The molecule has 2 aliphatic heterocycles. The monoisotopic (exact) mass is 304 g/mol. The van der Waals surface area contributed by atoms with Gasteiger partial charge in [-0.3, -0.25) is 4.90 Å². The predicted octanol–water partition coefficient (Wildman–Crippen LogP) is 1.97. The Hall–Kier alpha value is -0.300. The molecule has 5 nitrogen and oxygen atoms in total. The lowest BCUT2D eigenvalue weighted by Crippen LogP contribution is -2.58. The van der Waals surface area contributed by atoms with Gasteiger partial charge >= 0.3 is 5.30 Å². The number of rotatable bonds is 3. The minimum atomic E-state index is -0.689. The molecule has 0 aromatic rings. The van der Waals surface area contributed by atoms with Crippen molar-refractivity contribution in [3.05, 3.63) is 0 Å². The number of carbonyl (C=O) groups excluding carboxylic acids is 1. The van der Waals surface area contributed by atoms with E-state index in [9.17, 15) is 4.79 Å². The maximum Gasteiger partial charge on any atom is 0.561 e. The van der Waals surface area contributed by atoms with Gasteiger partial charge in [0.15, 0.2) is 5.75 Å². The van der Waals surface area contributed by atoms with Crippen molar-refractivity contribution in [1.29, 1.82) is 0 Å². The van der Waals surface area contributed by atoms with Gasteiger partial charge < -0.3 is 9.47 Å². The molecule has 2 aliphatic rings. The highest BCUT2D eigenvalue weighted by atomic mass is 32.2. The molecule has 2 saturated heterocycles. The van der Waals surface area contributed by atoms with Crippen LogP contribution in [0.5, 0.6) is 0 Å². The van der Waals surface area contributed by atoms with Crippen molar-refractivity contribution in [1.82, 2.24) is 4.90 Å². The molecule has 2 unspecified atom stereocenters. The normalized spacial score (nSPS) is 29.1. The first-order valence-corrected chi connectivity index (χ1v) is 8.75. The van der Waals surface area contributed by atoms with Gasteiger partial charge in [-0.25, -0.2) is 0 Å². The van der Waals surface area contributed by atoms with E-state index in [1.807, 2.05) is 6.92 Å². The van der Waals surface area contributed by atoms with E-state index in [0.717, 1.165) is 44.9 Å². The van der Waals surface area contributed by atoms with Crippen LogP contribution in [0.2, 0.25) is 0 Å². The zero-order valence-corrected chi connectivity index (χ0v) is 13.5. The van der Waals surface area contributed by atoms with Gasteiger partial charge in [-0.2, -0.15) is 8.98 Å². The fourth-order valence-corrected chi connectivity index (χ4v) is 4.39. The summed E-state index contributed by atoms with van der Waals surface area (Å²) in [5.74, 6) is 0.800. The molecule has 0 amide bonds. The Labute approximate surface area is 124 Å². The smallest absolute Gasteiger partial charge is 0.424 e. The highest BCUT2D eigenvalue weighted by Crippen LogP contribution is 2.31. The lowest BCUT2D eigenvalue weighted by molar-refractivity contribution is -0.0542. The third-order valence-corrected chi connectivity index (χ3v) is 5.70. The minimum absolute atomic E-state index is 0.0675. The van der Waals surface area contributed by atoms with Crippen LogP contribution in [0, 0.1) is 0 Å². The first-order chi connectivity index (χ1) is 9.55. The van der Waals surface area contributed by atoms with Gasteiger partial charge in [-0.05, 0) is 33.6 Å². The largest absolute Gasteiger partial charge is 0.561 e. The third kappa shape index (κ3) is 3.67. The lowest BCUT2D eigenvalue weighted by Gasteiger charge is -2.44. The van der Waals surface area contributed by atoms with Crippen molar-refractivity contribution in [2.24, 2.45) is 0 Å². The Bertz CT molecular complexity index is 331. The molecule has 2 atom stereocenters. The van der Waals surface area contributed by atoms with Gasteiger partial charge in [-0.15, -0.1) is 0 Å². The molecule has 116 valence electrons. The number of morpholine rings is 1. The summed E-state index contributed by atoms with van der Waals surface area (Å²) in [5, 5.41) is -0.185. The molecule has 2 fully saturated rings. The first kappa shape index (κ1) is 16.1. The van der Waals surface area contributed by atoms with Crippen LogP contribution >= 0.6 is 0 Å². The van der Waals surface area contributed by atoms with Gasteiger partial charge in [0.1, 0.15) is 6.10 Å². The molecule has 0 saturated carbocycles. The molecule has 0 N–H and O–H groups in total. The highest BCUT2D eigenvalue weighted by molar-refractivity contribution is 8.06. The van der Waals surface area contributed by atoms with Gasteiger partial charge in [0, 0.05) is 18.6 Å². The summed E-state index contributed by atoms with van der Waals surface area (Å²) < 4.78 is 16.6. The molecule has 0 radical (unpaired) electrons. The lowest BCUT2D eigenvalue weighted by atomic mass is 9.91. The van der Waals surface area contributed by atoms with Crippen molar-refractivity contribution in [2.45, 2.75) is 45.3 Å². The molecule has 2 rings (SSSR count). The van der Waals surface area contributed by atoms with E-state index in [0.29, 0.717) is 6.61 Å². The fraction of sp³-hybridized carbons (Fsp3) is 0.929. The first-order valence-electron chi connectivity index (χ1n) is 7.43. The number of ether oxygens (including phenoxy) is 2. The van der Waals surface area contributed by atoms with Crippen LogP contribution in [0.3, 0.4) is 0 Å². The van der Waals surface area contributed by atoms with Crippen LogP contribution in [0.4, 0.5) is 4.79 Å². The Morgan fingerprint density at radius 1 is 1.40 bits per heavy atom. The minimum Gasteiger partial charge on any atom is -0.424 e. The van der Waals surface area contributed by atoms with E-state index in [1.165, 1.54) is 0 Å². The molecular formula is C14H26NO4S+. The van der Waals surface area contributed by atoms with Gasteiger partial charge in [0.05, 0.1) is 19.8 Å². The summed E-state index contributed by atoms with van der Waals surface area (Å²) in [7, 11) is 0. The zero-order chi connectivity index (χ0) is 14.6. The van der Waals surface area contributed by atoms with Gasteiger partial charge in [-0.1, -0.05) is 0 Å². The van der Waals surface area contributed by atoms with Gasteiger partial charge in [0.2, 0.25) is 0 Å². The molecule has 6 heteroatoms. The molecule has 2 heterocycles. The second kappa shape index (κ2) is 7.11. The van der Waals surface area contributed by atoms with E-state index in [2.05, 4.69) is 18.7 Å². The third-order valence-electron chi connectivity index (χ3n) is 4.09. The molecule has 0 spiro atoms. The van der Waals surface area contributed by atoms with Crippen molar-refractivity contribution in [2.75, 3.05) is 38.7 Å². The summed E-state index contributed by atoms with van der Waals surface area (Å²) in [6.45, 7) is 10.1. The summed E-state index contributed by atoms with van der Waals surface area (Å²) in [5.41, 5.74) is -0.0675. The standard InChI is InChI=1S/C14H26NO4S/c1-4-18-13(16)20-11-5-6-12(19-20)14(2,3)15-7-9-17-10-8-15/h12H,4-11H2,1-3H3/q+1. The SMILES string of the molecule is CCOC(=O)[S+]1CCCC(C(C)(C)N2CCOCC2)O1. The van der Waals surface area contributed by atoms with E-state index in [4.69, 9.17) is 13.7 Å². The Kier molecular flexibility index (Phi) is 5.72. The van der Waals surface area contributed by atoms with Crippen molar-refractivity contribution >= 4 is 16.5 Å². The molecule has 0 bridgehead atoms. The average molecular weight is 304 g/mol. The number of hydrogen-bond acceptors (Lipinski definition) is 5. The Morgan fingerprint density at radius 3 is 2.75 bits per heavy atom. The topological polar surface area (TPSA) is 48.0 Å². The Balaban J connectivity index is 1.97. The summed E-state index contributed by atoms with van der Waals surface area (Å²) >= 11 is -0.689. The zero-order valence-electron chi connectivity index (χ0n) is 12.7. The van der Waals surface area contributed by atoms with Crippen LogP contribution in [0.25, 0.3) is 0 Å². The van der Waals surface area contributed by atoms with Crippen molar-refractivity contribution in [3.63, 3.8) is 0 Å². The summed E-state index contributed by atoms with van der Waals surface area (Å²) in [4.78, 5) is 14.3. The van der Waals surface area contributed by atoms with Crippen LogP contribution in [-0.4, -0.2) is 60.5 Å². The molecular weight excluding hydrogens is 278 g/mol. The molecule has 20 heavy (non-hydrogen) atoms. The number of carbonyl (C=O) groups is 1. The van der Waals surface area contributed by atoms with Crippen LogP contribution in [0.1, 0.15) is 33.6 Å². The van der Waals surface area contributed by atoms with Crippen LogP contribution in [-0.2, 0) is 24.8 Å². The maximum atomic E-state index is 11.9. The maximum absolute atomic E-state index is 11.9. The summed E-state index contributed by atoms with van der Waals surface area (Å²) in [6.07, 6.45) is 2.12. The highest BCUT2D eigenvalue weighted by Gasteiger charge is 2.48. The van der Waals surface area contributed by atoms with E-state index >= 15 is 0 Å². The van der Waals surface area contributed by atoms with Crippen LogP contribution in [0.15, 0.2) is 0 Å². The quantitative estimate of drug-likeness (QED) is 0.589. The van der Waals surface area contributed by atoms with Crippen LogP contribution < -0.4 is 0 Å². The average Bonchev–Trinajstić information content (AvgIpc) is 2.48. The van der Waals surface area contributed by atoms with E-state index in [1.54, 1.807) is 0 Å². The van der Waals surface area contributed by atoms with Gasteiger partial charge in [0.25, 0.3) is 11.2 Å². The van der Waals surface area contributed by atoms with Crippen molar-refractivity contribution in [3.8, 4) is 0 Å². The predicted molar refractivity (Wildman–Crippen MR) is 79.8 cm³/mol. The summed E-state index contributed by atoms with van der Waals surface area (Å²) in [6, 6.07) is 0. The van der Waals surface area contributed by atoms with E-state index < -0.39 is 11.2 Å². The molecule has 0 aliphatic carbocycles.